The summed E-state index contributed by atoms with van der Waals surface area (Å²) >= 11 is 0. The van der Waals surface area contributed by atoms with Gasteiger partial charge < -0.3 is 5.11 Å². The normalized spacial score (nSPS) is 13.2. The van der Waals surface area contributed by atoms with Gasteiger partial charge >= 0.3 is 0 Å². The van der Waals surface area contributed by atoms with Crippen LogP contribution < -0.4 is 4.72 Å². The van der Waals surface area contributed by atoms with Gasteiger partial charge in [-0.3, -0.25) is 9.11 Å². The zero-order chi connectivity index (χ0) is 11.1. The van der Waals surface area contributed by atoms with Gasteiger partial charge in [0.15, 0.2) is 0 Å². The Morgan fingerprint density at radius 2 is 1.62 bits per heavy atom. The Balaban J connectivity index is 0. The first-order valence-electron chi connectivity index (χ1n) is 4.50. The third-order valence-electron chi connectivity index (χ3n) is 1.14. The van der Waals surface area contributed by atoms with E-state index >= 15 is 0 Å². The largest absolute Gasteiger partial charge is 0.389 e. The van der Waals surface area contributed by atoms with E-state index < -0.39 is 16.4 Å². The van der Waals surface area contributed by atoms with Crippen molar-refractivity contribution in [1.29, 1.82) is 0 Å². The van der Waals surface area contributed by atoms with E-state index in [0.717, 1.165) is 0 Å². The Hall–Kier alpha value is 0.190. The average Bonchev–Trinajstić information content (AvgIpc) is 2.04. The van der Waals surface area contributed by atoms with Crippen molar-refractivity contribution in [1.82, 2.24) is 4.72 Å². The maximum atomic E-state index is 9.21. The molecule has 0 heterocycles. The lowest BCUT2D eigenvalue weighted by Crippen LogP contribution is -2.36. The summed E-state index contributed by atoms with van der Waals surface area (Å²) in [4.78, 5) is 0. The van der Waals surface area contributed by atoms with E-state index in [1.165, 1.54) is 0 Å². The fourth-order valence-corrected chi connectivity index (χ4v) is 1.18. The van der Waals surface area contributed by atoms with Gasteiger partial charge in [-0.25, -0.2) is 4.72 Å². The minimum atomic E-state index is -2.66. The highest BCUT2D eigenvalue weighted by Gasteiger charge is 2.16. The molecule has 0 aliphatic heterocycles. The van der Waals surface area contributed by atoms with E-state index in [4.69, 9.17) is 9.11 Å². The van der Waals surface area contributed by atoms with Crippen LogP contribution in [0.2, 0.25) is 0 Å². The second kappa shape index (κ2) is 6.62. The summed E-state index contributed by atoms with van der Waals surface area (Å²) in [5, 5.41) is 9.21. The van der Waals surface area contributed by atoms with Gasteiger partial charge in [-0.1, -0.05) is 13.8 Å². The van der Waals surface area contributed by atoms with E-state index in [0.29, 0.717) is 0 Å². The van der Waals surface area contributed by atoms with Gasteiger partial charge in [0, 0.05) is 12.3 Å². The molecule has 0 amide bonds. The van der Waals surface area contributed by atoms with Crippen LogP contribution in [0.1, 0.15) is 34.6 Å². The molecule has 0 rings (SSSR count). The molecular formula is C8H23NO3S. The summed E-state index contributed by atoms with van der Waals surface area (Å²) in [5.74, 6) is 0.267. The minimum absolute atomic E-state index is 0.184. The smallest absolute Gasteiger partial charge is 0.0732 e. The molecule has 13 heavy (non-hydrogen) atoms. The molecule has 0 bridgehead atoms. The molecule has 0 aliphatic rings. The Morgan fingerprint density at radius 1 is 1.23 bits per heavy atom. The van der Waals surface area contributed by atoms with Crippen molar-refractivity contribution < 1.29 is 14.2 Å². The van der Waals surface area contributed by atoms with Crippen LogP contribution in [0.4, 0.5) is 0 Å². The van der Waals surface area contributed by atoms with Gasteiger partial charge in [0.2, 0.25) is 0 Å². The minimum Gasteiger partial charge on any atom is -0.389 e. The number of hydrogen-bond acceptors (Lipinski definition) is 4. The van der Waals surface area contributed by atoms with Crippen LogP contribution in [-0.4, -0.2) is 32.1 Å². The molecule has 84 valence electrons. The lowest BCUT2D eigenvalue weighted by molar-refractivity contribution is 0.0849. The Kier molecular flexibility index (Phi) is 7.97. The molecular weight excluding hydrogens is 190 g/mol. The van der Waals surface area contributed by atoms with Gasteiger partial charge in [-0.2, -0.15) is 0 Å². The second-order valence-electron chi connectivity index (χ2n) is 3.09. The summed E-state index contributed by atoms with van der Waals surface area (Å²) in [6.45, 7) is 9.06. The predicted molar refractivity (Wildman–Crippen MR) is 59.0 cm³/mol. The molecule has 0 unspecified atom stereocenters. The lowest BCUT2D eigenvalue weighted by atomic mass is 10.1. The highest BCUT2D eigenvalue weighted by molar-refractivity contribution is 8.22. The Morgan fingerprint density at radius 3 is 1.85 bits per heavy atom. The highest BCUT2D eigenvalue weighted by atomic mass is 32.3. The maximum Gasteiger partial charge on any atom is 0.0732 e. The molecule has 0 saturated heterocycles. The molecule has 0 spiro atoms. The first kappa shape index (κ1) is 15.7. The van der Waals surface area contributed by atoms with Gasteiger partial charge in [0.1, 0.15) is 0 Å². The molecule has 0 aromatic rings. The Bertz CT molecular complexity index is 123. The van der Waals surface area contributed by atoms with Crippen molar-refractivity contribution in [3.63, 3.8) is 0 Å². The molecule has 0 fully saturated rings. The number of aliphatic hydroxyl groups is 1. The zero-order valence-electron chi connectivity index (χ0n) is 9.16. The van der Waals surface area contributed by atoms with Crippen LogP contribution >= 0.6 is 10.8 Å². The molecule has 0 aromatic carbocycles. The first-order valence-corrected chi connectivity index (χ1v) is 6.21. The monoisotopic (exact) mass is 213 g/mol. The maximum absolute atomic E-state index is 9.21. The van der Waals surface area contributed by atoms with Crippen LogP contribution in [0.3, 0.4) is 0 Å². The lowest BCUT2D eigenvalue weighted by Gasteiger charge is -2.34. The Labute approximate surface area is 82.8 Å². The standard InChI is InChI=1S/C6H17NO3S.C2H6/c1-4-11(9,10)7-5-6(2,3)8;1-2/h7-10H,4-5H2,1-3H3;1-2H3. The number of nitrogens with one attached hydrogen (secondary N) is 1. The van der Waals surface area contributed by atoms with Crippen molar-refractivity contribution in [3.05, 3.63) is 0 Å². The fraction of sp³-hybridized carbons (Fsp3) is 1.00. The average molecular weight is 213 g/mol. The molecule has 0 atom stereocenters. The summed E-state index contributed by atoms with van der Waals surface area (Å²) < 4.78 is 20.7. The van der Waals surface area contributed by atoms with E-state index in [2.05, 4.69) is 4.72 Å². The van der Waals surface area contributed by atoms with Crippen LogP contribution in [0, 0.1) is 0 Å². The van der Waals surface area contributed by atoms with Crippen molar-refractivity contribution >= 4 is 10.8 Å². The summed E-state index contributed by atoms with van der Waals surface area (Å²) in [7, 11) is -2.66. The van der Waals surface area contributed by atoms with Crippen molar-refractivity contribution in [2.45, 2.75) is 40.2 Å². The summed E-state index contributed by atoms with van der Waals surface area (Å²) in [5.41, 5.74) is -0.904. The van der Waals surface area contributed by atoms with Gasteiger partial charge in [0.05, 0.1) is 5.60 Å². The number of hydrogen-bond donors (Lipinski definition) is 4. The molecule has 4 N–H and O–H groups in total. The van der Waals surface area contributed by atoms with Crippen LogP contribution in [0.5, 0.6) is 0 Å². The second-order valence-corrected chi connectivity index (χ2v) is 5.29. The molecule has 0 saturated carbocycles. The van der Waals surface area contributed by atoms with Crippen molar-refractivity contribution in [2.24, 2.45) is 0 Å². The predicted octanol–water partition coefficient (Wildman–Crippen LogP) is 2.06. The third-order valence-corrected chi connectivity index (χ3v) is 2.55. The van der Waals surface area contributed by atoms with Crippen molar-refractivity contribution in [2.75, 3.05) is 12.3 Å². The van der Waals surface area contributed by atoms with Crippen LogP contribution in [0.15, 0.2) is 0 Å². The van der Waals surface area contributed by atoms with E-state index in [-0.39, 0.29) is 12.3 Å². The molecule has 5 heteroatoms. The van der Waals surface area contributed by atoms with Crippen LogP contribution in [-0.2, 0) is 0 Å². The zero-order valence-corrected chi connectivity index (χ0v) is 9.98. The topological polar surface area (TPSA) is 72.7 Å². The fourth-order valence-electron chi connectivity index (χ4n) is 0.394. The molecule has 4 nitrogen and oxygen atoms in total. The first-order chi connectivity index (χ1) is 5.77. The van der Waals surface area contributed by atoms with Crippen LogP contribution in [0.25, 0.3) is 0 Å². The number of rotatable bonds is 4. The van der Waals surface area contributed by atoms with Gasteiger partial charge in [-0.05, 0) is 20.8 Å². The van der Waals surface area contributed by atoms with Crippen molar-refractivity contribution in [3.8, 4) is 0 Å². The molecule has 0 aliphatic carbocycles. The third kappa shape index (κ3) is 12.2. The van der Waals surface area contributed by atoms with E-state index in [1.807, 2.05) is 13.8 Å². The molecule has 0 aromatic heterocycles. The van der Waals surface area contributed by atoms with E-state index in [1.54, 1.807) is 20.8 Å². The summed E-state index contributed by atoms with van der Waals surface area (Å²) in [6.07, 6.45) is 0. The van der Waals surface area contributed by atoms with Gasteiger partial charge in [-0.15, -0.1) is 10.8 Å². The SMILES string of the molecule is CC.CCS(O)(O)NCC(C)(C)O. The highest BCUT2D eigenvalue weighted by Crippen LogP contribution is 2.32. The quantitative estimate of drug-likeness (QED) is 0.577. The van der Waals surface area contributed by atoms with Gasteiger partial charge in [0.25, 0.3) is 0 Å². The summed E-state index contributed by atoms with van der Waals surface area (Å²) in [6, 6.07) is 0. The molecule has 0 radical (unpaired) electrons. The van der Waals surface area contributed by atoms with E-state index in [9.17, 15) is 5.11 Å².